The molecule has 0 amide bonds. The topological polar surface area (TPSA) is 59.0 Å². The van der Waals surface area contributed by atoms with Crippen molar-refractivity contribution in [1.29, 1.82) is 5.26 Å². The molecule has 0 heterocycles. The van der Waals surface area contributed by atoms with E-state index in [0.717, 1.165) is 0 Å². The Hall–Kier alpha value is -1.17. The molecule has 0 radical (unpaired) electrons. The first-order valence-electron chi connectivity index (χ1n) is 2.12. The lowest BCUT2D eigenvalue weighted by atomic mass is 10.4. The van der Waals surface area contributed by atoms with E-state index in [2.05, 4.69) is 4.74 Å². The number of methoxy groups -OCH3 is 1. The molecule has 0 fully saturated rings. The van der Waals surface area contributed by atoms with Crippen LogP contribution in [0.25, 0.3) is 0 Å². The third kappa shape index (κ3) is 1.52. The Labute approximate surface area is 48.4 Å². The van der Waals surface area contributed by atoms with Crippen LogP contribution in [0, 0.1) is 11.3 Å². The van der Waals surface area contributed by atoms with Crippen LogP contribution < -0.4 is 5.73 Å². The zero-order valence-corrected chi connectivity index (χ0v) is 4.93. The molecule has 0 aromatic carbocycles. The molecule has 0 aromatic rings. The molecule has 0 saturated heterocycles. The first kappa shape index (κ1) is 6.83. The fourth-order valence-electron chi connectivity index (χ4n) is 0.189. The zero-order valence-electron chi connectivity index (χ0n) is 4.93. The Morgan fingerprint density at radius 1 is 1.75 bits per heavy atom. The summed E-state index contributed by atoms with van der Waals surface area (Å²) in [5.41, 5.74) is 5.25. The van der Waals surface area contributed by atoms with Crippen LogP contribution in [-0.2, 0) is 4.74 Å². The summed E-state index contributed by atoms with van der Waals surface area (Å²) in [4.78, 5) is 0. The van der Waals surface area contributed by atoms with Crippen molar-refractivity contribution < 1.29 is 4.74 Å². The molecule has 0 aromatic heterocycles. The van der Waals surface area contributed by atoms with E-state index in [0.29, 0.717) is 5.76 Å². The maximum Gasteiger partial charge on any atom is 0.148 e. The number of nitrogens with two attached hydrogens (primary N) is 1. The van der Waals surface area contributed by atoms with Crippen LogP contribution in [0.5, 0.6) is 0 Å². The molecular weight excluding hydrogens is 104 g/mol. The molecule has 0 saturated carbocycles. The van der Waals surface area contributed by atoms with Gasteiger partial charge in [0, 0.05) is 0 Å². The molecule has 44 valence electrons. The minimum Gasteiger partial charge on any atom is -0.498 e. The van der Waals surface area contributed by atoms with Gasteiger partial charge in [-0.05, 0) is 6.92 Å². The van der Waals surface area contributed by atoms with Crippen molar-refractivity contribution in [1.82, 2.24) is 0 Å². The molecule has 0 rings (SSSR count). The number of nitrogens with zero attached hydrogens (tertiary/aromatic N) is 1. The van der Waals surface area contributed by atoms with Crippen LogP contribution in [0.15, 0.2) is 11.5 Å². The number of rotatable bonds is 1. The van der Waals surface area contributed by atoms with E-state index in [-0.39, 0.29) is 5.70 Å². The molecule has 3 heteroatoms. The predicted octanol–water partition coefficient (Wildman–Crippen LogP) is 0.347. The van der Waals surface area contributed by atoms with Crippen molar-refractivity contribution in [2.45, 2.75) is 6.92 Å². The first-order valence-corrected chi connectivity index (χ1v) is 2.12. The normalized spacial score (nSPS) is 11.6. The van der Waals surface area contributed by atoms with Gasteiger partial charge in [0.1, 0.15) is 17.5 Å². The average molecular weight is 112 g/mol. The second kappa shape index (κ2) is 2.92. The maximum absolute atomic E-state index is 8.12. The molecule has 2 N–H and O–H groups in total. The van der Waals surface area contributed by atoms with E-state index >= 15 is 0 Å². The summed E-state index contributed by atoms with van der Waals surface area (Å²) in [5.74, 6) is 0.465. The second-order valence-electron chi connectivity index (χ2n) is 1.29. The smallest absolute Gasteiger partial charge is 0.148 e. The molecular formula is C5H8N2O. The van der Waals surface area contributed by atoms with Gasteiger partial charge >= 0.3 is 0 Å². The lowest BCUT2D eigenvalue weighted by molar-refractivity contribution is 0.290. The quantitative estimate of drug-likeness (QED) is 0.393. The lowest BCUT2D eigenvalue weighted by Crippen LogP contribution is -1.98. The molecule has 0 aliphatic heterocycles. The third-order valence-corrected chi connectivity index (χ3v) is 0.806. The molecule has 0 atom stereocenters. The van der Waals surface area contributed by atoms with Gasteiger partial charge in [-0.1, -0.05) is 0 Å². The van der Waals surface area contributed by atoms with Gasteiger partial charge in [-0.25, -0.2) is 0 Å². The van der Waals surface area contributed by atoms with E-state index in [4.69, 9.17) is 11.0 Å². The standard InChI is InChI=1S/C5H8N2O/c1-4(8-2)5(7)3-6/h7H2,1-2H3/b5-4-. The van der Waals surface area contributed by atoms with Crippen molar-refractivity contribution in [3.05, 3.63) is 11.5 Å². The molecule has 0 aliphatic carbocycles. The van der Waals surface area contributed by atoms with Crippen LogP contribution in [0.3, 0.4) is 0 Å². The number of allylic oxidation sites excluding steroid dienone is 2. The minimum absolute atomic E-state index is 0.132. The van der Waals surface area contributed by atoms with Gasteiger partial charge in [-0.2, -0.15) is 5.26 Å². The van der Waals surface area contributed by atoms with Crippen LogP contribution in [-0.4, -0.2) is 7.11 Å². The number of hydrogen-bond acceptors (Lipinski definition) is 3. The van der Waals surface area contributed by atoms with E-state index < -0.39 is 0 Å². The summed E-state index contributed by atoms with van der Waals surface area (Å²) in [6.07, 6.45) is 0. The molecule has 0 aliphatic rings. The summed E-state index contributed by atoms with van der Waals surface area (Å²) in [5, 5.41) is 8.12. The summed E-state index contributed by atoms with van der Waals surface area (Å²) < 4.78 is 4.63. The lowest BCUT2D eigenvalue weighted by Gasteiger charge is -1.95. The van der Waals surface area contributed by atoms with Crippen molar-refractivity contribution >= 4 is 0 Å². The Balaban J connectivity index is 4.10. The molecule has 8 heavy (non-hydrogen) atoms. The fourth-order valence-corrected chi connectivity index (χ4v) is 0.189. The predicted molar refractivity (Wildman–Crippen MR) is 29.5 cm³/mol. The van der Waals surface area contributed by atoms with Crippen LogP contribution >= 0.6 is 0 Å². The van der Waals surface area contributed by atoms with Crippen LogP contribution in [0.2, 0.25) is 0 Å². The average Bonchev–Trinajstić information content (AvgIpc) is 1.84. The third-order valence-electron chi connectivity index (χ3n) is 0.806. The van der Waals surface area contributed by atoms with E-state index in [1.165, 1.54) is 7.11 Å². The van der Waals surface area contributed by atoms with Gasteiger partial charge in [0.25, 0.3) is 0 Å². The Morgan fingerprint density at radius 2 is 2.25 bits per heavy atom. The largest absolute Gasteiger partial charge is 0.498 e. The second-order valence-corrected chi connectivity index (χ2v) is 1.29. The van der Waals surface area contributed by atoms with Gasteiger partial charge in [0.2, 0.25) is 0 Å². The fraction of sp³-hybridized carbons (Fsp3) is 0.400. The van der Waals surface area contributed by atoms with Gasteiger partial charge in [-0.3, -0.25) is 0 Å². The molecule has 0 bridgehead atoms. The summed E-state index contributed by atoms with van der Waals surface area (Å²) in [7, 11) is 1.47. The number of ether oxygens (including phenoxy) is 1. The SMILES string of the molecule is CO/C(C)=C(\N)C#N. The van der Waals surface area contributed by atoms with E-state index in [9.17, 15) is 0 Å². The zero-order chi connectivity index (χ0) is 6.57. The van der Waals surface area contributed by atoms with Gasteiger partial charge < -0.3 is 10.5 Å². The minimum atomic E-state index is 0.132. The Morgan fingerprint density at radius 3 is 2.38 bits per heavy atom. The van der Waals surface area contributed by atoms with Crippen LogP contribution in [0.1, 0.15) is 6.92 Å². The highest BCUT2D eigenvalue weighted by Crippen LogP contribution is 1.94. The molecule has 0 unspecified atom stereocenters. The monoisotopic (exact) mass is 112 g/mol. The molecule has 0 spiro atoms. The Kier molecular flexibility index (Phi) is 2.49. The van der Waals surface area contributed by atoms with Gasteiger partial charge in [0.15, 0.2) is 0 Å². The summed E-state index contributed by atoms with van der Waals surface area (Å²) >= 11 is 0. The Bertz CT molecular complexity index is 143. The van der Waals surface area contributed by atoms with E-state index in [1.54, 1.807) is 13.0 Å². The highest BCUT2D eigenvalue weighted by atomic mass is 16.5. The summed E-state index contributed by atoms with van der Waals surface area (Å²) in [6.45, 7) is 1.64. The van der Waals surface area contributed by atoms with Gasteiger partial charge in [0.05, 0.1) is 7.11 Å². The number of nitriles is 1. The molecule has 3 nitrogen and oxygen atoms in total. The van der Waals surface area contributed by atoms with Crippen molar-refractivity contribution in [3.63, 3.8) is 0 Å². The highest BCUT2D eigenvalue weighted by Gasteiger charge is 1.91. The van der Waals surface area contributed by atoms with Crippen LogP contribution in [0.4, 0.5) is 0 Å². The van der Waals surface area contributed by atoms with Crippen molar-refractivity contribution in [2.24, 2.45) is 5.73 Å². The van der Waals surface area contributed by atoms with Crippen molar-refractivity contribution in [3.8, 4) is 6.07 Å². The number of hydrogen-bond donors (Lipinski definition) is 1. The van der Waals surface area contributed by atoms with Gasteiger partial charge in [-0.15, -0.1) is 0 Å². The summed E-state index contributed by atoms with van der Waals surface area (Å²) in [6, 6.07) is 1.75. The van der Waals surface area contributed by atoms with E-state index in [1.807, 2.05) is 0 Å². The maximum atomic E-state index is 8.12. The highest BCUT2D eigenvalue weighted by molar-refractivity contribution is 5.18. The van der Waals surface area contributed by atoms with Crippen molar-refractivity contribution in [2.75, 3.05) is 7.11 Å². The first-order chi connectivity index (χ1) is 3.72.